The normalized spacial score (nSPS) is 20.8. The van der Waals surface area contributed by atoms with Crippen molar-refractivity contribution in [3.05, 3.63) is 28.8 Å². The summed E-state index contributed by atoms with van der Waals surface area (Å²) in [6, 6.07) is 6.09. The fourth-order valence-corrected chi connectivity index (χ4v) is 2.80. The number of phenolic OH excluding ortho intramolecular Hbond substituents is 1. The third-order valence-corrected chi connectivity index (χ3v) is 3.96. The Kier molecular flexibility index (Phi) is 4.49. The van der Waals surface area contributed by atoms with Crippen molar-refractivity contribution >= 4 is 11.6 Å². The molecule has 1 aromatic carbocycles. The van der Waals surface area contributed by atoms with E-state index in [0.29, 0.717) is 11.1 Å². The number of likely N-dealkylation sites (N-methyl/N-ethyl adjacent to an activating group) is 2. The van der Waals surface area contributed by atoms with Crippen molar-refractivity contribution in [2.45, 2.75) is 25.4 Å². The fourth-order valence-electron chi connectivity index (χ4n) is 2.59. The molecule has 1 N–H and O–H groups in total. The highest BCUT2D eigenvalue weighted by molar-refractivity contribution is 6.32. The van der Waals surface area contributed by atoms with Crippen molar-refractivity contribution < 1.29 is 5.11 Å². The van der Waals surface area contributed by atoms with E-state index in [1.807, 2.05) is 12.1 Å². The second-order valence-corrected chi connectivity index (χ2v) is 5.67. The lowest BCUT2D eigenvalue weighted by molar-refractivity contribution is 0.215. The van der Waals surface area contributed by atoms with Crippen molar-refractivity contribution in [2.24, 2.45) is 0 Å². The molecule has 18 heavy (non-hydrogen) atoms. The van der Waals surface area contributed by atoms with Crippen molar-refractivity contribution in [2.75, 3.05) is 27.2 Å². The minimum absolute atomic E-state index is 0.151. The van der Waals surface area contributed by atoms with E-state index >= 15 is 0 Å². The molecule has 1 unspecified atom stereocenters. The highest BCUT2D eigenvalue weighted by Gasteiger charge is 2.21. The van der Waals surface area contributed by atoms with E-state index in [4.69, 9.17) is 11.6 Å². The van der Waals surface area contributed by atoms with Crippen LogP contribution in [-0.4, -0.2) is 48.1 Å². The molecule has 1 heterocycles. The van der Waals surface area contributed by atoms with Crippen LogP contribution in [0.2, 0.25) is 5.02 Å². The molecule has 0 saturated carbocycles. The number of benzene rings is 1. The van der Waals surface area contributed by atoms with Crippen LogP contribution in [0.5, 0.6) is 5.75 Å². The molecular weight excluding hydrogens is 248 g/mol. The minimum Gasteiger partial charge on any atom is -0.506 e. The van der Waals surface area contributed by atoms with E-state index < -0.39 is 0 Å². The molecule has 0 bridgehead atoms. The first-order valence-electron chi connectivity index (χ1n) is 6.42. The van der Waals surface area contributed by atoms with Gasteiger partial charge in [0.05, 0.1) is 5.02 Å². The molecule has 1 fully saturated rings. The number of rotatable bonds is 4. The van der Waals surface area contributed by atoms with Gasteiger partial charge >= 0.3 is 0 Å². The summed E-state index contributed by atoms with van der Waals surface area (Å²) in [6.07, 6.45) is 2.59. The van der Waals surface area contributed by atoms with Crippen molar-refractivity contribution in [3.8, 4) is 5.75 Å². The number of hydrogen-bond donors (Lipinski definition) is 1. The number of aromatic hydroxyl groups is 1. The molecule has 1 aliphatic rings. The first-order valence-corrected chi connectivity index (χ1v) is 6.80. The summed E-state index contributed by atoms with van der Waals surface area (Å²) in [5, 5.41) is 9.82. The molecule has 0 aliphatic carbocycles. The highest BCUT2D eigenvalue weighted by Crippen LogP contribution is 2.24. The van der Waals surface area contributed by atoms with E-state index in [9.17, 15) is 5.11 Å². The smallest absolute Gasteiger partial charge is 0.134 e. The summed E-state index contributed by atoms with van der Waals surface area (Å²) < 4.78 is 0. The van der Waals surface area contributed by atoms with Crippen LogP contribution in [0.15, 0.2) is 18.2 Å². The predicted octanol–water partition coefficient (Wildman–Crippen LogP) is 2.57. The number of likely N-dealkylation sites (tertiary alicyclic amines) is 1. The lowest BCUT2D eigenvalue weighted by atomic mass is 10.1. The Bertz CT molecular complexity index is 411. The second kappa shape index (κ2) is 5.91. The van der Waals surface area contributed by atoms with Gasteiger partial charge in [-0.3, -0.25) is 0 Å². The maximum atomic E-state index is 9.39. The Morgan fingerprint density at radius 2 is 2.28 bits per heavy atom. The molecule has 2 rings (SSSR count). The Morgan fingerprint density at radius 3 is 2.89 bits per heavy atom. The Labute approximate surface area is 114 Å². The lowest BCUT2D eigenvalue weighted by Crippen LogP contribution is -2.36. The van der Waals surface area contributed by atoms with Gasteiger partial charge in [0.15, 0.2) is 0 Å². The van der Waals surface area contributed by atoms with Gasteiger partial charge in [-0.25, -0.2) is 0 Å². The van der Waals surface area contributed by atoms with E-state index in [0.717, 1.165) is 18.7 Å². The highest BCUT2D eigenvalue weighted by atomic mass is 35.5. The first kappa shape index (κ1) is 13.7. The number of halogens is 1. The molecule has 4 heteroatoms. The molecule has 0 amide bonds. The van der Waals surface area contributed by atoms with Gasteiger partial charge in [0.25, 0.3) is 0 Å². The van der Waals surface area contributed by atoms with Crippen LogP contribution in [-0.2, 0) is 6.54 Å². The lowest BCUT2D eigenvalue weighted by Gasteiger charge is -2.25. The minimum atomic E-state index is 0.151. The first-order chi connectivity index (χ1) is 8.56. The van der Waals surface area contributed by atoms with Crippen LogP contribution in [0.3, 0.4) is 0 Å². The Balaban J connectivity index is 1.90. The van der Waals surface area contributed by atoms with Crippen molar-refractivity contribution in [1.29, 1.82) is 0 Å². The average molecular weight is 269 g/mol. The molecule has 1 aromatic rings. The van der Waals surface area contributed by atoms with Crippen LogP contribution >= 0.6 is 11.6 Å². The number of hydrogen-bond acceptors (Lipinski definition) is 3. The molecule has 1 atom stereocenters. The molecule has 0 radical (unpaired) electrons. The maximum absolute atomic E-state index is 9.39. The second-order valence-electron chi connectivity index (χ2n) is 5.26. The monoisotopic (exact) mass is 268 g/mol. The molecule has 1 saturated heterocycles. The molecule has 1 aliphatic heterocycles. The summed E-state index contributed by atoms with van der Waals surface area (Å²) in [5.41, 5.74) is 1.14. The summed E-state index contributed by atoms with van der Waals surface area (Å²) in [4.78, 5) is 4.75. The SMILES string of the molecule is CN(Cc1ccc(O)c(Cl)c1)CC1CCCN1C. The van der Waals surface area contributed by atoms with Gasteiger partial charge in [-0.1, -0.05) is 17.7 Å². The van der Waals surface area contributed by atoms with Crippen molar-refractivity contribution in [1.82, 2.24) is 9.80 Å². The van der Waals surface area contributed by atoms with E-state index in [1.54, 1.807) is 6.07 Å². The quantitative estimate of drug-likeness (QED) is 0.909. The third-order valence-electron chi connectivity index (χ3n) is 3.66. The van der Waals surface area contributed by atoms with Crippen LogP contribution in [0, 0.1) is 0 Å². The summed E-state index contributed by atoms with van der Waals surface area (Å²) >= 11 is 5.91. The third kappa shape index (κ3) is 3.37. The summed E-state index contributed by atoms with van der Waals surface area (Å²) in [6.45, 7) is 3.16. The van der Waals surface area contributed by atoms with Gasteiger partial charge < -0.3 is 14.9 Å². The Morgan fingerprint density at radius 1 is 1.50 bits per heavy atom. The Hall–Kier alpha value is -0.770. The maximum Gasteiger partial charge on any atom is 0.134 e. The van der Waals surface area contributed by atoms with Gasteiger partial charge in [-0.2, -0.15) is 0 Å². The average Bonchev–Trinajstić information content (AvgIpc) is 2.70. The van der Waals surface area contributed by atoms with Crippen LogP contribution in [0.25, 0.3) is 0 Å². The van der Waals surface area contributed by atoms with Crippen LogP contribution in [0.1, 0.15) is 18.4 Å². The molecule has 100 valence electrons. The zero-order chi connectivity index (χ0) is 13.1. The fraction of sp³-hybridized carbons (Fsp3) is 0.571. The topological polar surface area (TPSA) is 26.7 Å². The number of nitrogens with zero attached hydrogens (tertiary/aromatic N) is 2. The van der Waals surface area contributed by atoms with Crippen LogP contribution in [0.4, 0.5) is 0 Å². The summed E-state index contributed by atoms with van der Waals surface area (Å²) in [7, 11) is 4.33. The molecule has 0 aromatic heterocycles. The van der Waals surface area contributed by atoms with Gasteiger partial charge in [0.1, 0.15) is 5.75 Å². The predicted molar refractivity (Wildman–Crippen MR) is 75.1 cm³/mol. The van der Waals surface area contributed by atoms with Gasteiger partial charge in [-0.05, 0) is 51.2 Å². The largest absolute Gasteiger partial charge is 0.506 e. The zero-order valence-corrected chi connectivity index (χ0v) is 11.8. The number of phenols is 1. The van der Waals surface area contributed by atoms with E-state index in [-0.39, 0.29) is 5.75 Å². The van der Waals surface area contributed by atoms with Crippen molar-refractivity contribution in [3.63, 3.8) is 0 Å². The molecule has 3 nitrogen and oxygen atoms in total. The van der Waals surface area contributed by atoms with Gasteiger partial charge in [0, 0.05) is 19.1 Å². The zero-order valence-electron chi connectivity index (χ0n) is 11.1. The molecular formula is C14H21ClN2O. The van der Waals surface area contributed by atoms with E-state index in [2.05, 4.69) is 23.9 Å². The van der Waals surface area contributed by atoms with Gasteiger partial charge in [-0.15, -0.1) is 0 Å². The molecule has 0 spiro atoms. The standard InChI is InChI=1S/C14H21ClN2O/c1-16(10-12-4-3-7-17(12)2)9-11-5-6-14(18)13(15)8-11/h5-6,8,12,18H,3-4,7,9-10H2,1-2H3. The van der Waals surface area contributed by atoms with E-state index in [1.165, 1.54) is 19.4 Å². The summed E-state index contributed by atoms with van der Waals surface area (Å²) in [5.74, 6) is 0.151. The van der Waals surface area contributed by atoms with Crippen LogP contribution < -0.4 is 0 Å². The van der Waals surface area contributed by atoms with Gasteiger partial charge in [0.2, 0.25) is 0 Å².